The summed E-state index contributed by atoms with van der Waals surface area (Å²) >= 11 is 0. The number of carbonyl (C=O) groups is 2. The molecule has 1 fully saturated rings. The van der Waals surface area contributed by atoms with E-state index in [4.69, 9.17) is 5.11 Å². The van der Waals surface area contributed by atoms with E-state index in [0.717, 1.165) is 11.1 Å². The van der Waals surface area contributed by atoms with Crippen molar-refractivity contribution in [2.75, 3.05) is 13.1 Å². The smallest absolute Gasteiger partial charge is 0.335 e. The van der Waals surface area contributed by atoms with E-state index in [-0.39, 0.29) is 11.5 Å². The van der Waals surface area contributed by atoms with Crippen molar-refractivity contribution < 1.29 is 14.7 Å². The molecule has 1 saturated heterocycles. The van der Waals surface area contributed by atoms with Crippen LogP contribution in [0.4, 0.5) is 0 Å². The molecule has 22 heavy (non-hydrogen) atoms. The molecule has 2 N–H and O–H groups in total. The van der Waals surface area contributed by atoms with Gasteiger partial charge in [-0.25, -0.2) is 4.79 Å². The summed E-state index contributed by atoms with van der Waals surface area (Å²) in [5, 5.41) is 12.5. The second-order valence-electron chi connectivity index (χ2n) is 5.52. The molecule has 2 heterocycles. The van der Waals surface area contributed by atoms with Gasteiger partial charge in [-0.3, -0.25) is 10.1 Å². The highest BCUT2D eigenvalue weighted by Gasteiger charge is 2.53. The maximum absolute atomic E-state index is 12.6. The summed E-state index contributed by atoms with van der Waals surface area (Å²) < 4.78 is 0. The average molecular weight is 294 g/mol. The highest BCUT2D eigenvalue weighted by molar-refractivity contribution is 6.01. The first-order valence-corrected chi connectivity index (χ1v) is 7.15. The van der Waals surface area contributed by atoms with E-state index in [2.05, 4.69) is 5.32 Å². The first-order valence-electron chi connectivity index (χ1n) is 7.15. The molecule has 0 spiro atoms. The van der Waals surface area contributed by atoms with Gasteiger partial charge in [-0.05, 0) is 23.8 Å². The van der Waals surface area contributed by atoms with Gasteiger partial charge in [-0.2, -0.15) is 0 Å². The van der Waals surface area contributed by atoms with E-state index in [1.54, 1.807) is 24.3 Å². The number of nitrogens with zero attached hydrogens (tertiary/aromatic N) is 1. The van der Waals surface area contributed by atoms with Crippen molar-refractivity contribution in [3.05, 3.63) is 70.8 Å². The minimum Gasteiger partial charge on any atom is -0.478 e. The Labute approximate surface area is 127 Å². The number of hydrogen-bond donors (Lipinski definition) is 2. The molecule has 1 atom stereocenters. The lowest BCUT2D eigenvalue weighted by Gasteiger charge is -2.33. The summed E-state index contributed by atoms with van der Waals surface area (Å²) in [6, 6.07) is 14.3. The standard InChI is InChI=1S/C17H14N2O3/c20-15-13-3-1-2-4-14(13)17(18-9-10-19(15)17)12-7-5-11(6-8-12)16(21)22/h1-8,18H,9-10H2,(H,21,22). The molecule has 5 nitrogen and oxygen atoms in total. The predicted molar refractivity (Wildman–Crippen MR) is 79.7 cm³/mol. The van der Waals surface area contributed by atoms with Crippen LogP contribution in [0.1, 0.15) is 31.8 Å². The Bertz CT molecular complexity index is 785. The molecule has 0 aromatic heterocycles. The SMILES string of the molecule is O=C(O)c1ccc(C23NCCN2C(=O)c2ccccc23)cc1. The monoisotopic (exact) mass is 294 g/mol. The summed E-state index contributed by atoms with van der Waals surface area (Å²) in [4.78, 5) is 25.5. The zero-order valence-electron chi connectivity index (χ0n) is 11.7. The minimum atomic E-state index is -0.955. The third-order valence-corrected chi connectivity index (χ3v) is 4.46. The maximum atomic E-state index is 12.6. The molecule has 5 heteroatoms. The van der Waals surface area contributed by atoms with Crippen molar-refractivity contribution in [1.29, 1.82) is 0 Å². The summed E-state index contributed by atoms with van der Waals surface area (Å²) in [6.07, 6.45) is 0. The molecular formula is C17H14N2O3. The van der Waals surface area contributed by atoms with E-state index in [1.165, 1.54) is 0 Å². The van der Waals surface area contributed by atoms with Crippen LogP contribution in [0.25, 0.3) is 0 Å². The second kappa shape index (κ2) is 4.42. The Balaban J connectivity index is 1.91. The van der Waals surface area contributed by atoms with Gasteiger partial charge < -0.3 is 10.0 Å². The van der Waals surface area contributed by atoms with Crippen LogP contribution in [0.2, 0.25) is 0 Å². The van der Waals surface area contributed by atoms with E-state index in [1.807, 2.05) is 29.2 Å². The quantitative estimate of drug-likeness (QED) is 0.883. The van der Waals surface area contributed by atoms with Gasteiger partial charge in [0.25, 0.3) is 5.91 Å². The molecule has 0 radical (unpaired) electrons. The number of fused-ring (bicyclic) bond motifs is 3. The zero-order chi connectivity index (χ0) is 15.3. The van der Waals surface area contributed by atoms with E-state index < -0.39 is 11.6 Å². The number of benzene rings is 2. The lowest BCUT2D eigenvalue weighted by atomic mass is 9.91. The molecule has 2 aromatic rings. The van der Waals surface area contributed by atoms with Gasteiger partial charge in [-0.1, -0.05) is 30.3 Å². The van der Waals surface area contributed by atoms with Gasteiger partial charge in [0.05, 0.1) is 5.56 Å². The van der Waals surface area contributed by atoms with Crippen LogP contribution in [0, 0.1) is 0 Å². The van der Waals surface area contributed by atoms with Gasteiger partial charge in [0.2, 0.25) is 0 Å². The van der Waals surface area contributed by atoms with Crippen molar-refractivity contribution >= 4 is 11.9 Å². The Hall–Kier alpha value is -2.66. The molecular weight excluding hydrogens is 280 g/mol. The number of amides is 1. The fourth-order valence-electron chi connectivity index (χ4n) is 3.50. The van der Waals surface area contributed by atoms with Crippen molar-refractivity contribution in [1.82, 2.24) is 10.2 Å². The fourth-order valence-corrected chi connectivity index (χ4v) is 3.50. The predicted octanol–water partition coefficient (Wildman–Crippen LogP) is 1.64. The van der Waals surface area contributed by atoms with Crippen molar-refractivity contribution in [2.24, 2.45) is 0 Å². The van der Waals surface area contributed by atoms with Crippen LogP contribution in [0.3, 0.4) is 0 Å². The molecule has 2 aliphatic heterocycles. The van der Waals surface area contributed by atoms with Gasteiger partial charge in [-0.15, -0.1) is 0 Å². The lowest BCUT2D eigenvalue weighted by Crippen LogP contribution is -2.46. The van der Waals surface area contributed by atoms with Crippen molar-refractivity contribution in [2.45, 2.75) is 5.66 Å². The second-order valence-corrected chi connectivity index (χ2v) is 5.52. The van der Waals surface area contributed by atoms with E-state index in [0.29, 0.717) is 18.7 Å². The molecule has 0 aliphatic carbocycles. The lowest BCUT2D eigenvalue weighted by molar-refractivity contribution is 0.0682. The maximum Gasteiger partial charge on any atom is 0.335 e. The summed E-state index contributed by atoms with van der Waals surface area (Å²) in [5.74, 6) is -0.939. The first kappa shape index (κ1) is 13.0. The van der Waals surface area contributed by atoms with Crippen LogP contribution >= 0.6 is 0 Å². The van der Waals surface area contributed by atoms with Gasteiger partial charge in [0.1, 0.15) is 5.66 Å². The highest BCUT2D eigenvalue weighted by atomic mass is 16.4. The number of aromatic carboxylic acids is 1. The summed E-state index contributed by atoms with van der Waals surface area (Å²) in [7, 11) is 0. The Kier molecular flexibility index (Phi) is 2.62. The molecule has 110 valence electrons. The van der Waals surface area contributed by atoms with Crippen LogP contribution in [-0.4, -0.2) is 35.0 Å². The molecule has 1 amide bonds. The van der Waals surface area contributed by atoms with E-state index in [9.17, 15) is 9.59 Å². The normalized spacial score (nSPS) is 22.5. The van der Waals surface area contributed by atoms with Crippen LogP contribution in [-0.2, 0) is 5.66 Å². The topological polar surface area (TPSA) is 69.6 Å². The molecule has 2 aliphatic rings. The molecule has 0 bridgehead atoms. The average Bonchev–Trinajstić information content (AvgIpc) is 3.08. The van der Waals surface area contributed by atoms with Crippen LogP contribution < -0.4 is 5.32 Å². The summed E-state index contributed by atoms with van der Waals surface area (Å²) in [5.41, 5.74) is 2.08. The Morgan fingerprint density at radius 2 is 1.86 bits per heavy atom. The molecule has 0 saturated carbocycles. The van der Waals surface area contributed by atoms with Gasteiger partial charge >= 0.3 is 5.97 Å². The molecule has 1 unspecified atom stereocenters. The first-order chi connectivity index (χ1) is 10.6. The van der Waals surface area contributed by atoms with Crippen LogP contribution in [0.15, 0.2) is 48.5 Å². The van der Waals surface area contributed by atoms with Crippen LogP contribution in [0.5, 0.6) is 0 Å². The van der Waals surface area contributed by atoms with E-state index >= 15 is 0 Å². The number of carbonyl (C=O) groups excluding carboxylic acids is 1. The molecule has 4 rings (SSSR count). The number of rotatable bonds is 2. The van der Waals surface area contributed by atoms with Crippen molar-refractivity contribution in [3.63, 3.8) is 0 Å². The number of carboxylic acids is 1. The molecule has 2 aromatic carbocycles. The zero-order valence-corrected chi connectivity index (χ0v) is 11.7. The minimum absolute atomic E-state index is 0.0166. The van der Waals surface area contributed by atoms with Crippen molar-refractivity contribution in [3.8, 4) is 0 Å². The Morgan fingerprint density at radius 3 is 2.59 bits per heavy atom. The fraction of sp³-hybridized carbons (Fsp3) is 0.176. The largest absolute Gasteiger partial charge is 0.478 e. The van der Waals surface area contributed by atoms with Gasteiger partial charge in [0, 0.05) is 24.2 Å². The number of carboxylic acid groups (broad SMARTS) is 1. The number of nitrogens with one attached hydrogen (secondary N) is 1. The number of hydrogen-bond acceptors (Lipinski definition) is 3. The Morgan fingerprint density at radius 1 is 1.14 bits per heavy atom. The summed E-state index contributed by atoms with van der Waals surface area (Å²) in [6.45, 7) is 1.34. The third kappa shape index (κ3) is 1.51. The highest BCUT2D eigenvalue weighted by Crippen LogP contribution is 2.44. The third-order valence-electron chi connectivity index (χ3n) is 4.46. The van der Waals surface area contributed by atoms with Gasteiger partial charge in [0.15, 0.2) is 0 Å².